The summed E-state index contributed by atoms with van der Waals surface area (Å²) >= 11 is 1.36. The standard InChI is InChI=1S/C9H12N4O4S/c10-7(14)1-6(8(15)16)13-9(17)12-3-5-2-11-4-18-5/h2,4,6H,1,3H2,(H2,10,14)(H,15,16)(H2,12,13,17). The van der Waals surface area contributed by atoms with Crippen molar-refractivity contribution in [1.29, 1.82) is 0 Å². The van der Waals surface area contributed by atoms with Crippen molar-refractivity contribution in [3.63, 3.8) is 0 Å². The Kier molecular flexibility index (Phi) is 5.06. The number of carbonyl (C=O) groups excluding carboxylic acids is 2. The van der Waals surface area contributed by atoms with Gasteiger partial charge < -0.3 is 21.5 Å². The van der Waals surface area contributed by atoms with E-state index in [9.17, 15) is 14.4 Å². The molecule has 0 aliphatic rings. The number of aromatic nitrogens is 1. The van der Waals surface area contributed by atoms with E-state index >= 15 is 0 Å². The zero-order chi connectivity index (χ0) is 13.5. The fourth-order valence-corrected chi connectivity index (χ4v) is 1.64. The van der Waals surface area contributed by atoms with E-state index in [2.05, 4.69) is 15.6 Å². The molecule has 98 valence electrons. The Morgan fingerprint density at radius 2 is 2.22 bits per heavy atom. The third kappa shape index (κ3) is 4.78. The summed E-state index contributed by atoms with van der Waals surface area (Å²) in [5, 5.41) is 13.4. The highest BCUT2D eigenvalue weighted by atomic mass is 32.1. The number of aliphatic carboxylic acids is 1. The third-order valence-corrected chi connectivity index (χ3v) is 2.69. The van der Waals surface area contributed by atoms with E-state index in [-0.39, 0.29) is 6.54 Å². The summed E-state index contributed by atoms with van der Waals surface area (Å²) in [7, 11) is 0. The van der Waals surface area contributed by atoms with Gasteiger partial charge in [-0.1, -0.05) is 0 Å². The summed E-state index contributed by atoms with van der Waals surface area (Å²) in [6.45, 7) is 0.236. The van der Waals surface area contributed by atoms with E-state index in [0.717, 1.165) is 4.88 Å². The minimum Gasteiger partial charge on any atom is -0.480 e. The predicted molar refractivity (Wildman–Crippen MR) is 62.7 cm³/mol. The van der Waals surface area contributed by atoms with Crippen LogP contribution in [0.15, 0.2) is 11.7 Å². The van der Waals surface area contributed by atoms with Gasteiger partial charge >= 0.3 is 12.0 Å². The van der Waals surface area contributed by atoms with Gasteiger partial charge in [0.1, 0.15) is 6.04 Å². The Labute approximate surface area is 106 Å². The first-order chi connectivity index (χ1) is 8.49. The number of nitrogens with two attached hydrogens (primary N) is 1. The first-order valence-corrected chi connectivity index (χ1v) is 5.80. The highest BCUT2D eigenvalue weighted by Crippen LogP contribution is 2.03. The summed E-state index contributed by atoms with van der Waals surface area (Å²) in [6, 6.07) is -2.01. The number of carboxylic acids is 1. The van der Waals surface area contributed by atoms with Gasteiger partial charge in [-0.05, 0) is 0 Å². The fraction of sp³-hybridized carbons (Fsp3) is 0.333. The van der Waals surface area contributed by atoms with Crippen molar-refractivity contribution >= 4 is 29.2 Å². The van der Waals surface area contributed by atoms with Gasteiger partial charge in [0.15, 0.2) is 0 Å². The van der Waals surface area contributed by atoms with E-state index in [1.807, 2.05) is 0 Å². The SMILES string of the molecule is NC(=O)CC(NC(=O)NCc1cncs1)C(=O)O. The zero-order valence-electron chi connectivity index (χ0n) is 9.25. The molecular formula is C9H12N4O4S. The topological polar surface area (TPSA) is 134 Å². The van der Waals surface area contributed by atoms with Crippen LogP contribution in [-0.4, -0.2) is 34.0 Å². The van der Waals surface area contributed by atoms with Crippen LogP contribution in [0.5, 0.6) is 0 Å². The van der Waals surface area contributed by atoms with Crippen LogP contribution in [0.1, 0.15) is 11.3 Å². The molecule has 8 nitrogen and oxygen atoms in total. The van der Waals surface area contributed by atoms with Crippen molar-refractivity contribution in [2.75, 3.05) is 0 Å². The lowest BCUT2D eigenvalue weighted by molar-refractivity contribution is -0.140. The molecule has 1 heterocycles. The Bertz CT molecular complexity index is 434. The molecule has 0 fully saturated rings. The number of rotatable bonds is 6. The monoisotopic (exact) mass is 272 g/mol. The highest BCUT2D eigenvalue weighted by Gasteiger charge is 2.21. The van der Waals surface area contributed by atoms with Crippen molar-refractivity contribution in [2.45, 2.75) is 19.0 Å². The molecule has 0 aliphatic carbocycles. The van der Waals surface area contributed by atoms with Crippen LogP contribution < -0.4 is 16.4 Å². The molecule has 9 heteroatoms. The van der Waals surface area contributed by atoms with E-state index in [0.29, 0.717) is 0 Å². The van der Waals surface area contributed by atoms with Crippen molar-refractivity contribution in [1.82, 2.24) is 15.6 Å². The molecule has 1 atom stereocenters. The zero-order valence-corrected chi connectivity index (χ0v) is 10.1. The molecule has 0 aromatic carbocycles. The molecule has 0 saturated heterocycles. The van der Waals surface area contributed by atoms with Crippen LogP contribution in [0.2, 0.25) is 0 Å². The van der Waals surface area contributed by atoms with Crippen LogP contribution in [0.3, 0.4) is 0 Å². The van der Waals surface area contributed by atoms with Gasteiger partial charge in [0.25, 0.3) is 0 Å². The van der Waals surface area contributed by atoms with Gasteiger partial charge in [0.05, 0.1) is 18.5 Å². The number of nitrogens with one attached hydrogen (secondary N) is 2. The van der Waals surface area contributed by atoms with Crippen molar-refractivity contribution in [3.8, 4) is 0 Å². The molecular weight excluding hydrogens is 260 g/mol. The van der Waals surface area contributed by atoms with Crippen LogP contribution in [-0.2, 0) is 16.1 Å². The Hall–Kier alpha value is -2.16. The third-order valence-electron chi connectivity index (χ3n) is 1.92. The van der Waals surface area contributed by atoms with Gasteiger partial charge in [0.2, 0.25) is 5.91 Å². The van der Waals surface area contributed by atoms with Gasteiger partial charge in [-0.2, -0.15) is 0 Å². The number of urea groups is 1. The summed E-state index contributed by atoms with van der Waals surface area (Å²) in [6.07, 6.45) is 1.13. The van der Waals surface area contributed by atoms with E-state index < -0.39 is 30.4 Å². The molecule has 0 saturated carbocycles. The molecule has 0 aliphatic heterocycles. The number of hydrogen-bond acceptors (Lipinski definition) is 5. The number of carbonyl (C=O) groups is 3. The van der Waals surface area contributed by atoms with Crippen molar-refractivity contribution in [3.05, 3.63) is 16.6 Å². The normalized spacial score (nSPS) is 11.6. The minimum absolute atomic E-state index is 0.236. The number of primary amides is 1. The van der Waals surface area contributed by atoms with Crippen molar-refractivity contribution < 1.29 is 19.5 Å². The number of nitrogens with zero attached hydrogens (tertiary/aromatic N) is 1. The van der Waals surface area contributed by atoms with Gasteiger partial charge in [-0.25, -0.2) is 9.59 Å². The van der Waals surface area contributed by atoms with Crippen LogP contribution >= 0.6 is 11.3 Å². The van der Waals surface area contributed by atoms with Gasteiger partial charge in [0, 0.05) is 11.1 Å². The maximum Gasteiger partial charge on any atom is 0.326 e. The Morgan fingerprint density at radius 1 is 1.50 bits per heavy atom. The average Bonchev–Trinajstić information content (AvgIpc) is 2.77. The van der Waals surface area contributed by atoms with Crippen LogP contribution in [0.4, 0.5) is 4.79 Å². The fourth-order valence-electron chi connectivity index (χ4n) is 1.11. The second kappa shape index (κ2) is 6.55. The summed E-state index contributed by atoms with van der Waals surface area (Å²) < 4.78 is 0. The number of thiazole rings is 1. The smallest absolute Gasteiger partial charge is 0.326 e. The predicted octanol–water partition coefficient (Wildman–Crippen LogP) is -0.729. The molecule has 1 aromatic rings. The summed E-state index contributed by atoms with van der Waals surface area (Å²) in [5.41, 5.74) is 6.49. The Balaban J connectivity index is 2.41. The largest absolute Gasteiger partial charge is 0.480 e. The summed E-state index contributed by atoms with van der Waals surface area (Å²) in [4.78, 5) is 37.4. The summed E-state index contributed by atoms with van der Waals surface area (Å²) in [5.74, 6) is -2.12. The van der Waals surface area contributed by atoms with E-state index in [1.54, 1.807) is 11.7 Å². The first-order valence-electron chi connectivity index (χ1n) is 4.92. The second-order valence-electron chi connectivity index (χ2n) is 3.36. The molecule has 0 radical (unpaired) electrons. The maximum atomic E-state index is 11.4. The quantitative estimate of drug-likeness (QED) is 0.541. The lowest BCUT2D eigenvalue weighted by atomic mass is 10.2. The molecule has 18 heavy (non-hydrogen) atoms. The van der Waals surface area contributed by atoms with Crippen LogP contribution in [0, 0.1) is 0 Å². The molecule has 0 bridgehead atoms. The highest BCUT2D eigenvalue weighted by molar-refractivity contribution is 7.09. The number of amides is 3. The van der Waals surface area contributed by atoms with Gasteiger partial charge in [-0.3, -0.25) is 9.78 Å². The Morgan fingerprint density at radius 3 is 2.72 bits per heavy atom. The van der Waals surface area contributed by atoms with Crippen LogP contribution in [0.25, 0.3) is 0 Å². The average molecular weight is 272 g/mol. The molecule has 1 unspecified atom stereocenters. The molecule has 1 aromatic heterocycles. The molecule has 1 rings (SSSR count). The lowest BCUT2D eigenvalue weighted by Gasteiger charge is -2.13. The second-order valence-corrected chi connectivity index (χ2v) is 4.33. The van der Waals surface area contributed by atoms with Gasteiger partial charge in [-0.15, -0.1) is 11.3 Å². The number of hydrogen-bond donors (Lipinski definition) is 4. The minimum atomic E-state index is -1.33. The lowest BCUT2D eigenvalue weighted by Crippen LogP contribution is -2.47. The maximum absolute atomic E-state index is 11.4. The molecule has 3 amide bonds. The van der Waals surface area contributed by atoms with Crippen molar-refractivity contribution in [2.24, 2.45) is 5.73 Å². The molecule has 5 N–H and O–H groups in total. The van der Waals surface area contributed by atoms with E-state index in [4.69, 9.17) is 10.8 Å². The molecule has 0 spiro atoms. The van der Waals surface area contributed by atoms with E-state index in [1.165, 1.54) is 11.3 Å². The number of carboxylic acid groups (broad SMARTS) is 1. The first kappa shape index (κ1) is 13.9.